The number of fused-ring (bicyclic) bond motifs is 2. The van der Waals surface area contributed by atoms with Crippen LogP contribution in [0.5, 0.6) is 0 Å². The lowest BCUT2D eigenvalue weighted by atomic mass is 9.83. The van der Waals surface area contributed by atoms with Gasteiger partial charge in [0.1, 0.15) is 17.4 Å². The van der Waals surface area contributed by atoms with Gasteiger partial charge in [0.2, 0.25) is 11.8 Å². The summed E-state index contributed by atoms with van der Waals surface area (Å²) in [5.41, 5.74) is 0.206. The number of imide groups is 1. The second-order valence-corrected chi connectivity index (χ2v) is 15.1. The normalized spacial score (nSPS) is 23.4. The molecular weight excluding hydrogens is 739 g/mol. The van der Waals surface area contributed by atoms with Crippen LogP contribution in [0.15, 0.2) is 65.6 Å². The zero-order valence-electron chi connectivity index (χ0n) is 30.4. The Balaban J connectivity index is 0.889. The van der Waals surface area contributed by atoms with Gasteiger partial charge in [-0.15, -0.1) is 0 Å². The first kappa shape index (κ1) is 37.5. The lowest BCUT2D eigenvalue weighted by Crippen LogP contribution is -2.49. The number of piperidine rings is 2. The van der Waals surface area contributed by atoms with E-state index in [4.69, 9.17) is 5.10 Å². The molecule has 2 aromatic carbocycles. The lowest BCUT2D eigenvalue weighted by molar-refractivity contribution is -0.141. The van der Waals surface area contributed by atoms with Crippen molar-refractivity contribution in [3.05, 3.63) is 88.2 Å². The summed E-state index contributed by atoms with van der Waals surface area (Å²) in [5.74, 6) is -5.73. The van der Waals surface area contributed by atoms with E-state index in [-0.39, 0.29) is 36.9 Å². The van der Waals surface area contributed by atoms with Crippen molar-refractivity contribution in [2.45, 2.75) is 75.0 Å². The highest BCUT2D eigenvalue weighted by Crippen LogP contribution is 2.44. The molecular formula is C39H39F5N8O4. The average molecular weight is 779 g/mol. The Morgan fingerprint density at radius 1 is 0.982 bits per heavy atom. The number of nitrogens with one attached hydrogen (secondary N) is 2. The largest absolute Gasteiger partial charge is 0.433 e. The maximum atomic E-state index is 16.1. The Morgan fingerprint density at radius 2 is 1.75 bits per heavy atom. The third-order valence-corrected chi connectivity index (χ3v) is 11.5. The molecule has 1 saturated carbocycles. The summed E-state index contributed by atoms with van der Waals surface area (Å²) in [6.07, 6.45) is 0.886. The second-order valence-electron chi connectivity index (χ2n) is 15.1. The monoisotopic (exact) mass is 778 g/mol. The molecule has 5 heterocycles. The van der Waals surface area contributed by atoms with Crippen LogP contribution in [0.3, 0.4) is 0 Å². The van der Waals surface area contributed by atoms with Gasteiger partial charge in [-0.3, -0.25) is 38.4 Å². The molecule has 56 heavy (non-hydrogen) atoms. The molecule has 3 amide bonds. The summed E-state index contributed by atoms with van der Waals surface area (Å²) in [6, 6.07) is 12.3. The van der Waals surface area contributed by atoms with Crippen LogP contribution in [-0.2, 0) is 22.8 Å². The standard InChI is InChI=1S/C39H39F5N8O4/c1-49-34-26(4-2-6-30(34)52(37(49)56)31-14-15-33(53)47-36(31)55)27-16-17-50(21-38(27,40)41)19-22-8-11-25(12-9-22)51-20-23-18-24(10-13-28(23)48-51)45-35(54)29-5-3-7-32(46-29)39(42,43)44/h2-7,10,13,18,20,22,25,27,31H,8-9,11-12,14-17,19,21H2,1H3,(H,45,54)(H,47,53,55)/t22-,25-,27?,31?. The lowest BCUT2D eigenvalue weighted by Gasteiger charge is -2.41. The molecule has 3 aliphatic rings. The fourth-order valence-electron chi connectivity index (χ4n) is 8.71. The third kappa shape index (κ3) is 7.08. The Labute approximate surface area is 316 Å². The van der Waals surface area contributed by atoms with Crippen molar-refractivity contribution in [1.29, 1.82) is 0 Å². The summed E-state index contributed by atoms with van der Waals surface area (Å²) >= 11 is 0. The van der Waals surface area contributed by atoms with Crippen molar-refractivity contribution in [2.24, 2.45) is 13.0 Å². The number of benzene rings is 2. The topological polar surface area (TPSA) is 136 Å². The molecule has 0 spiro atoms. The first-order chi connectivity index (χ1) is 26.7. The van der Waals surface area contributed by atoms with E-state index < -0.39 is 59.7 Å². The summed E-state index contributed by atoms with van der Waals surface area (Å²) in [5, 5.41) is 10.3. The SMILES string of the molecule is Cn1c(=O)n(C2CCC(=O)NC2=O)c2cccc(C3CCN(C[C@H]4CC[C@H](n5cc6cc(NC(=O)c7cccc(C(F)(F)F)n7)ccc6n5)CC4)CC3(F)F)c21. The highest BCUT2D eigenvalue weighted by molar-refractivity contribution is 6.04. The minimum absolute atomic E-state index is 0.0816. The minimum Gasteiger partial charge on any atom is -0.321 e. The Kier molecular flexibility index (Phi) is 9.53. The predicted molar refractivity (Wildman–Crippen MR) is 195 cm³/mol. The van der Waals surface area contributed by atoms with E-state index in [1.807, 2.05) is 15.8 Å². The van der Waals surface area contributed by atoms with Crippen LogP contribution < -0.4 is 16.3 Å². The number of rotatable bonds is 7. The van der Waals surface area contributed by atoms with E-state index in [1.54, 1.807) is 36.4 Å². The molecule has 5 aromatic rings. The number of halogens is 5. The number of carbonyl (C=O) groups is 3. The molecule has 2 saturated heterocycles. The number of imidazole rings is 1. The van der Waals surface area contributed by atoms with Crippen molar-refractivity contribution >= 4 is 45.3 Å². The molecule has 1 aliphatic carbocycles. The van der Waals surface area contributed by atoms with Gasteiger partial charge in [-0.1, -0.05) is 18.2 Å². The van der Waals surface area contributed by atoms with Crippen molar-refractivity contribution in [3.63, 3.8) is 0 Å². The number of pyridine rings is 1. The summed E-state index contributed by atoms with van der Waals surface area (Å²) in [6.45, 7) is 0.586. The molecule has 12 nitrogen and oxygen atoms in total. The minimum atomic E-state index is -4.67. The molecule has 8 rings (SSSR count). The molecule has 2 aliphatic heterocycles. The van der Waals surface area contributed by atoms with Gasteiger partial charge in [0.05, 0.1) is 35.1 Å². The molecule has 17 heteroatoms. The van der Waals surface area contributed by atoms with Crippen LogP contribution in [-0.4, -0.2) is 72.1 Å². The predicted octanol–water partition coefficient (Wildman–Crippen LogP) is 6.19. The first-order valence-corrected chi connectivity index (χ1v) is 18.6. The molecule has 0 radical (unpaired) electrons. The number of likely N-dealkylation sites (tertiary alicyclic amines) is 1. The van der Waals surface area contributed by atoms with Crippen LogP contribution in [0.4, 0.5) is 27.6 Å². The molecule has 2 atom stereocenters. The Morgan fingerprint density at radius 3 is 2.48 bits per heavy atom. The van der Waals surface area contributed by atoms with Gasteiger partial charge in [0.15, 0.2) is 0 Å². The van der Waals surface area contributed by atoms with Crippen molar-refractivity contribution < 1.29 is 36.3 Å². The second kappa shape index (κ2) is 14.2. The summed E-state index contributed by atoms with van der Waals surface area (Å²) < 4.78 is 76.0. The number of aryl methyl sites for hydroxylation is 1. The van der Waals surface area contributed by atoms with Gasteiger partial charge in [-0.05, 0) is 92.9 Å². The number of anilines is 1. The van der Waals surface area contributed by atoms with Crippen molar-refractivity contribution in [3.8, 4) is 0 Å². The van der Waals surface area contributed by atoms with Gasteiger partial charge in [0, 0.05) is 37.3 Å². The first-order valence-electron chi connectivity index (χ1n) is 18.6. The molecule has 3 aromatic heterocycles. The van der Waals surface area contributed by atoms with Crippen molar-refractivity contribution in [2.75, 3.05) is 25.0 Å². The molecule has 2 unspecified atom stereocenters. The Bertz CT molecular complexity index is 2410. The van der Waals surface area contributed by atoms with E-state index in [0.717, 1.165) is 43.2 Å². The molecule has 3 fully saturated rings. The van der Waals surface area contributed by atoms with Gasteiger partial charge in [-0.2, -0.15) is 18.3 Å². The number of hydrogen-bond donors (Lipinski definition) is 2. The summed E-state index contributed by atoms with van der Waals surface area (Å²) in [4.78, 5) is 55.7. The highest BCUT2D eigenvalue weighted by atomic mass is 19.4. The number of aromatic nitrogens is 5. The number of amides is 3. The van der Waals surface area contributed by atoms with E-state index in [2.05, 4.69) is 15.6 Å². The number of hydrogen-bond acceptors (Lipinski definition) is 7. The van der Waals surface area contributed by atoms with E-state index in [0.29, 0.717) is 40.9 Å². The van der Waals surface area contributed by atoms with Crippen molar-refractivity contribution in [1.82, 2.24) is 34.1 Å². The molecule has 294 valence electrons. The van der Waals surface area contributed by atoms with Gasteiger partial charge >= 0.3 is 11.9 Å². The number of para-hydroxylation sites is 1. The maximum absolute atomic E-state index is 16.1. The van der Waals surface area contributed by atoms with Crippen LogP contribution in [0.25, 0.3) is 21.9 Å². The van der Waals surface area contributed by atoms with Gasteiger partial charge in [-0.25, -0.2) is 18.6 Å². The van der Waals surface area contributed by atoms with Crippen LogP contribution in [0, 0.1) is 5.92 Å². The van der Waals surface area contributed by atoms with E-state index in [1.165, 1.54) is 22.2 Å². The summed E-state index contributed by atoms with van der Waals surface area (Å²) in [7, 11) is 1.52. The van der Waals surface area contributed by atoms with Crippen LogP contribution in [0.2, 0.25) is 0 Å². The molecule has 2 N–H and O–H groups in total. The number of carbonyl (C=O) groups excluding carboxylic acids is 3. The molecule has 0 bridgehead atoms. The third-order valence-electron chi connectivity index (χ3n) is 11.5. The fourth-order valence-corrected chi connectivity index (χ4v) is 8.71. The van der Waals surface area contributed by atoms with Gasteiger partial charge < -0.3 is 5.32 Å². The highest BCUT2D eigenvalue weighted by Gasteiger charge is 2.47. The Hall–Kier alpha value is -5.45. The zero-order valence-corrected chi connectivity index (χ0v) is 30.4. The zero-order chi connectivity index (χ0) is 39.5. The van der Waals surface area contributed by atoms with Crippen LogP contribution in [0.1, 0.15) is 84.7 Å². The maximum Gasteiger partial charge on any atom is 0.433 e. The van der Waals surface area contributed by atoms with Gasteiger partial charge in [0.25, 0.3) is 11.8 Å². The average Bonchev–Trinajstić information content (AvgIpc) is 3.69. The van der Waals surface area contributed by atoms with Crippen LogP contribution >= 0.6 is 0 Å². The van der Waals surface area contributed by atoms with E-state index in [9.17, 15) is 32.3 Å². The smallest absolute Gasteiger partial charge is 0.321 e. The number of nitrogens with zero attached hydrogens (tertiary/aromatic N) is 6. The quantitative estimate of drug-likeness (QED) is 0.149. The number of alkyl halides is 5. The fraction of sp³-hybridized carbons (Fsp3) is 0.436. The van der Waals surface area contributed by atoms with E-state index >= 15 is 8.78 Å².